The van der Waals surface area contributed by atoms with Crippen molar-refractivity contribution in [2.75, 3.05) is 17.3 Å². The average Bonchev–Trinajstić information content (AvgIpc) is 2.78. The quantitative estimate of drug-likeness (QED) is 0.673. The van der Waals surface area contributed by atoms with Crippen LogP contribution < -0.4 is 19.7 Å². The number of halogens is 1. The molecule has 1 N–H and O–H groups in total. The van der Waals surface area contributed by atoms with Crippen LogP contribution >= 0.6 is 0 Å². The number of hydrogen-bond acceptors (Lipinski definition) is 5. The van der Waals surface area contributed by atoms with Gasteiger partial charge in [-0.2, -0.15) is 0 Å². The number of rotatable bonds is 3. The Bertz CT molecular complexity index is 1180. The lowest BCUT2D eigenvalue weighted by molar-refractivity contribution is 0.167. The molecule has 2 aliphatic rings. The van der Waals surface area contributed by atoms with Crippen molar-refractivity contribution in [3.8, 4) is 11.6 Å². The number of aryl methyl sites for hydroxylation is 2. The van der Waals surface area contributed by atoms with Crippen molar-refractivity contribution in [3.63, 3.8) is 0 Å². The normalized spacial score (nSPS) is 17.3. The van der Waals surface area contributed by atoms with Gasteiger partial charge in [0.25, 0.3) is 0 Å². The van der Waals surface area contributed by atoms with Gasteiger partial charge >= 0.3 is 6.03 Å². The van der Waals surface area contributed by atoms with Gasteiger partial charge < -0.3 is 14.8 Å². The van der Waals surface area contributed by atoms with E-state index in [0.29, 0.717) is 36.0 Å². The fraction of sp³-hybridized carbons (Fsp3) is 0.261. The van der Waals surface area contributed by atoms with Crippen molar-refractivity contribution < 1.29 is 18.7 Å². The molecule has 4 heterocycles. The fourth-order valence-corrected chi connectivity index (χ4v) is 4.19. The van der Waals surface area contributed by atoms with E-state index in [1.54, 1.807) is 36.5 Å². The van der Waals surface area contributed by atoms with E-state index in [4.69, 9.17) is 9.47 Å². The number of nitrogens with zero attached hydrogens (tertiary/aromatic N) is 3. The molecule has 0 fully saturated rings. The number of amides is 2. The second kappa shape index (κ2) is 7.54. The van der Waals surface area contributed by atoms with E-state index in [9.17, 15) is 9.18 Å². The van der Waals surface area contributed by atoms with Crippen molar-refractivity contribution in [2.24, 2.45) is 0 Å². The molecule has 0 aliphatic carbocycles. The van der Waals surface area contributed by atoms with Gasteiger partial charge in [-0.05, 0) is 49.1 Å². The molecule has 158 valence electrons. The molecule has 0 spiro atoms. The maximum absolute atomic E-state index is 14.2. The molecule has 2 aliphatic heterocycles. The predicted octanol–water partition coefficient (Wildman–Crippen LogP) is 4.55. The molecule has 5 rings (SSSR count). The average molecular weight is 420 g/mol. The van der Waals surface area contributed by atoms with E-state index in [-0.39, 0.29) is 11.8 Å². The van der Waals surface area contributed by atoms with Crippen molar-refractivity contribution in [2.45, 2.75) is 32.4 Å². The molecule has 3 aromatic rings. The first-order valence-corrected chi connectivity index (χ1v) is 10.1. The maximum Gasteiger partial charge on any atom is 0.326 e. The molecule has 7 nitrogen and oxygen atoms in total. The monoisotopic (exact) mass is 420 g/mol. The number of carbonyl (C=O) groups is 1. The number of hydrogen-bond donors (Lipinski definition) is 1. The lowest BCUT2D eigenvalue weighted by Gasteiger charge is -2.33. The number of aromatic nitrogens is 2. The first kappa shape index (κ1) is 19.3. The Morgan fingerprint density at radius 2 is 2.13 bits per heavy atom. The van der Waals surface area contributed by atoms with Crippen LogP contribution in [0, 0.1) is 12.7 Å². The Hall–Kier alpha value is -3.68. The molecule has 1 atom stereocenters. The number of ether oxygens (including phenoxy) is 2. The summed E-state index contributed by atoms with van der Waals surface area (Å²) < 4.78 is 25.7. The van der Waals surface area contributed by atoms with Gasteiger partial charge in [0.2, 0.25) is 5.88 Å². The van der Waals surface area contributed by atoms with Crippen LogP contribution in [0.3, 0.4) is 0 Å². The van der Waals surface area contributed by atoms with E-state index in [1.807, 2.05) is 19.1 Å². The summed E-state index contributed by atoms with van der Waals surface area (Å²) >= 11 is 0. The number of carbonyl (C=O) groups excluding carboxylic acids is 1. The Morgan fingerprint density at radius 1 is 1.26 bits per heavy atom. The third-order valence-corrected chi connectivity index (χ3v) is 5.72. The van der Waals surface area contributed by atoms with E-state index < -0.39 is 6.10 Å². The highest BCUT2D eigenvalue weighted by atomic mass is 19.1. The first-order valence-electron chi connectivity index (χ1n) is 10.1. The molecule has 0 saturated carbocycles. The molecule has 2 amide bonds. The van der Waals surface area contributed by atoms with Gasteiger partial charge in [0, 0.05) is 18.5 Å². The van der Waals surface area contributed by atoms with Gasteiger partial charge in [-0.15, -0.1) is 0 Å². The SMILES string of the molecule is COc1nccc2c1CN(c1cc3c(cc1C)CCC(c1ncccc1F)O3)C(=O)N2. The zero-order valence-electron chi connectivity index (χ0n) is 17.2. The van der Waals surface area contributed by atoms with Crippen molar-refractivity contribution >= 4 is 17.4 Å². The number of fused-ring (bicyclic) bond motifs is 2. The molecule has 0 bridgehead atoms. The molecule has 1 aromatic carbocycles. The number of benzene rings is 1. The first-order chi connectivity index (χ1) is 15.0. The lowest BCUT2D eigenvalue weighted by atomic mass is 9.97. The molecule has 1 unspecified atom stereocenters. The zero-order chi connectivity index (χ0) is 21.5. The second-order valence-electron chi connectivity index (χ2n) is 7.62. The third-order valence-electron chi connectivity index (χ3n) is 5.72. The summed E-state index contributed by atoms with van der Waals surface area (Å²) in [4.78, 5) is 22.9. The van der Waals surface area contributed by atoms with E-state index in [2.05, 4.69) is 15.3 Å². The van der Waals surface area contributed by atoms with Crippen LogP contribution in [0.25, 0.3) is 0 Å². The summed E-state index contributed by atoms with van der Waals surface area (Å²) in [6.07, 6.45) is 4.07. The van der Waals surface area contributed by atoms with Crippen LogP contribution in [-0.2, 0) is 13.0 Å². The Morgan fingerprint density at radius 3 is 2.94 bits per heavy atom. The maximum atomic E-state index is 14.2. The smallest absolute Gasteiger partial charge is 0.326 e. The summed E-state index contributed by atoms with van der Waals surface area (Å²) in [5.41, 5.74) is 4.49. The molecule has 0 saturated heterocycles. The molecular formula is C23H21FN4O3. The summed E-state index contributed by atoms with van der Waals surface area (Å²) in [6, 6.07) is 8.34. The molecule has 31 heavy (non-hydrogen) atoms. The van der Waals surface area contributed by atoms with Crippen molar-refractivity contribution in [1.29, 1.82) is 0 Å². The fourth-order valence-electron chi connectivity index (χ4n) is 4.19. The van der Waals surface area contributed by atoms with Gasteiger partial charge in [-0.25, -0.2) is 14.2 Å². The predicted molar refractivity (Wildman–Crippen MR) is 113 cm³/mol. The Kier molecular flexibility index (Phi) is 4.69. The highest BCUT2D eigenvalue weighted by Gasteiger charge is 2.31. The minimum absolute atomic E-state index is 0.244. The lowest BCUT2D eigenvalue weighted by Crippen LogP contribution is -2.39. The number of anilines is 2. The minimum atomic E-state index is -0.468. The molecule has 0 radical (unpaired) electrons. The number of pyridine rings is 2. The van der Waals surface area contributed by atoms with Crippen molar-refractivity contribution in [3.05, 3.63) is 70.9 Å². The van der Waals surface area contributed by atoms with Crippen LogP contribution in [0.2, 0.25) is 0 Å². The van der Waals surface area contributed by atoms with Crippen LogP contribution in [0.15, 0.2) is 42.7 Å². The van der Waals surface area contributed by atoms with Gasteiger partial charge in [-0.1, -0.05) is 6.07 Å². The Labute approximate surface area is 178 Å². The van der Waals surface area contributed by atoms with E-state index in [0.717, 1.165) is 28.8 Å². The van der Waals surface area contributed by atoms with Crippen LogP contribution in [0.1, 0.15) is 34.9 Å². The number of methoxy groups -OCH3 is 1. The highest BCUT2D eigenvalue weighted by molar-refractivity contribution is 6.05. The summed E-state index contributed by atoms with van der Waals surface area (Å²) in [7, 11) is 1.55. The van der Waals surface area contributed by atoms with Gasteiger partial charge in [0.1, 0.15) is 23.4 Å². The number of nitrogens with one attached hydrogen (secondary N) is 1. The van der Waals surface area contributed by atoms with E-state index >= 15 is 0 Å². The third kappa shape index (κ3) is 3.34. The summed E-state index contributed by atoms with van der Waals surface area (Å²) in [5, 5.41) is 2.90. The highest BCUT2D eigenvalue weighted by Crippen LogP contribution is 2.41. The van der Waals surface area contributed by atoms with Gasteiger partial charge in [0.15, 0.2) is 0 Å². The molecular weight excluding hydrogens is 399 g/mol. The van der Waals surface area contributed by atoms with Crippen LogP contribution in [0.5, 0.6) is 11.6 Å². The van der Waals surface area contributed by atoms with E-state index in [1.165, 1.54) is 6.07 Å². The number of urea groups is 1. The second-order valence-corrected chi connectivity index (χ2v) is 7.62. The van der Waals surface area contributed by atoms with Crippen LogP contribution in [-0.4, -0.2) is 23.1 Å². The van der Waals surface area contributed by atoms with Crippen LogP contribution in [0.4, 0.5) is 20.6 Å². The van der Waals surface area contributed by atoms with Gasteiger partial charge in [-0.3, -0.25) is 9.88 Å². The largest absolute Gasteiger partial charge is 0.484 e. The topological polar surface area (TPSA) is 76.6 Å². The zero-order valence-corrected chi connectivity index (χ0v) is 17.2. The standard InChI is InChI=1S/C23H21FN4O3/c1-13-10-14-5-6-19(21-16(24)4-3-8-25-21)31-20(14)11-18(13)28-12-15-17(27-23(28)29)7-9-26-22(15)30-2/h3-4,7-11,19H,5-6,12H2,1-2H3,(H,27,29). The summed E-state index contributed by atoms with van der Waals surface area (Å²) in [6.45, 7) is 2.28. The Balaban J connectivity index is 1.50. The summed E-state index contributed by atoms with van der Waals surface area (Å²) in [5.74, 6) is 0.730. The molecule has 8 heteroatoms. The van der Waals surface area contributed by atoms with Crippen molar-refractivity contribution in [1.82, 2.24) is 9.97 Å². The van der Waals surface area contributed by atoms with Gasteiger partial charge in [0.05, 0.1) is 30.6 Å². The molecule has 2 aromatic heterocycles. The minimum Gasteiger partial charge on any atom is -0.484 e.